The van der Waals surface area contributed by atoms with E-state index >= 15 is 0 Å². The summed E-state index contributed by atoms with van der Waals surface area (Å²) in [6, 6.07) is 5.21. The van der Waals surface area contributed by atoms with Crippen molar-refractivity contribution in [3.63, 3.8) is 0 Å². The maximum atomic E-state index is 11.9. The van der Waals surface area contributed by atoms with Crippen LogP contribution in [0.2, 0.25) is 5.02 Å². The summed E-state index contributed by atoms with van der Waals surface area (Å²) in [5.41, 5.74) is 0.825. The summed E-state index contributed by atoms with van der Waals surface area (Å²) in [7, 11) is 0. The molecule has 0 atom stereocenters. The van der Waals surface area contributed by atoms with E-state index in [1.54, 1.807) is 12.1 Å². The smallest absolute Gasteiger partial charge is 0.224 e. The van der Waals surface area contributed by atoms with Crippen LogP contribution >= 0.6 is 11.6 Å². The van der Waals surface area contributed by atoms with Crippen LogP contribution in [0.15, 0.2) is 18.2 Å². The van der Waals surface area contributed by atoms with Gasteiger partial charge in [0, 0.05) is 6.04 Å². The Kier molecular flexibility index (Phi) is 4.48. The van der Waals surface area contributed by atoms with Crippen molar-refractivity contribution in [3.8, 4) is 5.75 Å². The molecule has 1 saturated carbocycles. The number of hydrogen-bond donors (Lipinski definition) is 2. The number of phenols is 1. The molecule has 98 valence electrons. The fourth-order valence-electron chi connectivity index (χ4n) is 2.37. The summed E-state index contributed by atoms with van der Waals surface area (Å²) in [6.45, 7) is 0. The molecule has 2 N–H and O–H groups in total. The van der Waals surface area contributed by atoms with E-state index in [0.717, 1.165) is 18.4 Å². The molecule has 0 aromatic heterocycles. The summed E-state index contributed by atoms with van der Waals surface area (Å²) < 4.78 is 0. The molecule has 18 heavy (non-hydrogen) atoms. The summed E-state index contributed by atoms with van der Waals surface area (Å²) in [5, 5.41) is 12.7. The van der Waals surface area contributed by atoms with Crippen LogP contribution in [0.5, 0.6) is 5.75 Å². The lowest BCUT2D eigenvalue weighted by Crippen LogP contribution is -2.37. The Morgan fingerprint density at radius 2 is 2.06 bits per heavy atom. The number of amides is 1. The molecule has 0 unspecified atom stereocenters. The molecule has 0 aliphatic heterocycles. The van der Waals surface area contributed by atoms with Crippen molar-refractivity contribution >= 4 is 17.5 Å². The predicted octanol–water partition coefficient (Wildman–Crippen LogP) is 3.04. The summed E-state index contributed by atoms with van der Waals surface area (Å²) >= 11 is 5.81. The second kappa shape index (κ2) is 6.10. The molecular weight excluding hydrogens is 250 g/mol. The lowest BCUT2D eigenvalue weighted by Gasteiger charge is -2.22. The average Bonchev–Trinajstić information content (AvgIpc) is 2.35. The molecule has 1 amide bonds. The van der Waals surface area contributed by atoms with E-state index in [2.05, 4.69) is 5.32 Å². The minimum absolute atomic E-state index is 0.0312. The molecule has 1 aromatic carbocycles. The average molecular weight is 268 g/mol. The van der Waals surface area contributed by atoms with Crippen molar-refractivity contribution in [2.45, 2.75) is 44.6 Å². The van der Waals surface area contributed by atoms with Crippen molar-refractivity contribution < 1.29 is 9.90 Å². The van der Waals surface area contributed by atoms with Crippen LogP contribution in [-0.4, -0.2) is 17.1 Å². The van der Waals surface area contributed by atoms with E-state index in [4.69, 9.17) is 11.6 Å². The molecule has 3 nitrogen and oxygen atoms in total. The highest BCUT2D eigenvalue weighted by molar-refractivity contribution is 6.32. The van der Waals surface area contributed by atoms with Crippen LogP contribution in [0, 0.1) is 0 Å². The Bertz CT molecular complexity index is 428. The topological polar surface area (TPSA) is 49.3 Å². The molecule has 1 fully saturated rings. The zero-order valence-electron chi connectivity index (χ0n) is 10.3. The molecule has 1 aliphatic rings. The highest BCUT2D eigenvalue weighted by Gasteiger charge is 2.15. The summed E-state index contributed by atoms with van der Waals surface area (Å²) in [4.78, 5) is 11.9. The number of carbonyl (C=O) groups is 1. The normalized spacial score (nSPS) is 16.5. The van der Waals surface area contributed by atoms with Crippen LogP contribution in [0.1, 0.15) is 37.7 Å². The zero-order chi connectivity index (χ0) is 13.0. The first kappa shape index (κ1) is 13.2. The largest absolute Gasteiger partial charge is 0.506 e. The van der Waals surface area contributed by atoms with Gasteiger partial charge in [-0.05, 0) is 30.5 Å². The molecular formula is C14H18ClNO2. The van der Waals surface area contributed by atoms with E-state index in [0.29, 0.717) is 12.5 Å². The SMILES string of the molecule is O=C(Cc1ccc(O)c(Cl)c1)NC1CCCCC1. The third-order valence-electron chi connectivity index (χ3n) is 3.35. The number of benzene rings is 1. The Hall–Kier alpha value is -1.22. The van der Waals surface area contributed by atoms with Gasteiger partial charge in [-0.3, -0.25) is 4.79 Å². The third-order valence-corrected chi connectivity index (χ3v) is 3.65. The van der Waals surface area contributed by atoms with Crippen LogP contribution in [0.25, 0.3) is 0 Å². The maximum Gasteiger partial charge on any atom is 0.224 e. The van der Waals surface area contributed by atoms with Gasteiger partial charge < -0.3 is 10.4 Å². The van der Waals surface area contributed by atoms with Crippen molar-refractivity contribution in [3.05, 3.63) is 28.8 Å². The Balaban J connectivity index is 1.88. The first-order valence-electron chi connectivity index (χ1n) is 6.42. The fourth-order valence-corrected chi connectivity index (χ4v) is 2.57. The van der Waals surface area contributed by atoms with Gasteiger partial charge in [-0.25, -0.2) is 0 Å². The maximum absolute atomic E-state index is 11.9. The van der Waals surface area contributed by atoms with Gasteiger partial charge in [0.25, 0.3) is 0 Å². The number of halogens is 1. The Morgan fingerprint density at radius 1 is 1.33 bits per heavy atom. The van der Waals surface area contributed by atoms with Crippen molar-refractivity contribution in [1.82, 2.24) is 5.32 Å². The number of aromatic hydroxyl groups is 1. The summed E-state index contributed by atoms with van der Waals surface area (Å²) in [6.07, 6.45) is 6.17. The molecule has 2 rings (SSSR count). The van der Waals surface area contributed by atoms with Gasteiger partial charge in [0.2, 0.25) is 5.91 Å². The van der Waals surface area contributed by atoms with Crippen molar-refractivity contribution in [2.24, 2.45) is 0 Å². The number of hydrogen-bond acceptors (Lipinski definition) is 2. The molecule has 1 aliphatic carbocycles. The van der Waals surface area contributed by atoms with Gasteiger partial charge in [-0.2, -0.15) is 0 Å². The first-order valence-corrected chi connectivity index (χ1v) is 6.79. The third kappa shape index (κ3) is 3.64. The number of carbonyl (C=O) groups excluding carboxylic acids is 1. The monoisotopic (exact) mass is 267 g/mol. The van der Waals surface area contributed by atoms with Crippen molar-refractivity contribution in [1.29, 1.82) is 0 Å². The number of nitrogens with one attached hydrogen (secondary N) is 1. The van der Waals surface area contributed by atoms with E-state index in [1.165, 1.54) is 25.3 Å². The summed E-state index contributed by atoms with van der Waals surface area (Å²) in [5.74, 6) is 0.0803. The van der Waals surface area contributed by atoms with Gasteiger partial charge in [0.15, 0.2) is 0 Å². The van der Waals surface area contributed by atoms with Crippen LogP contribution in [0.3, 0.4) is 0 Å². The van der Waals surface area contributed by atoms with Gasteiger partial charge in [0.1, 0.15) is 5.75 Å². The second-order valence-corrected chi connectivity index (χ2v) is 5.27. The highest BCUT2D eigenvalue weighted by Crippen LogP contribution is 2.24. The fraction of sp³-hybridized carbons (Fsp3) is 0.500. The Labute approximate surface area is 112 Å². The highest BCUT2D eigenvalue weighted by atomic mass is 35.5. The molecule has 0 bridgehead atoms. The molecule has 0 saturated heterocycles. The van der Waals surface area contributed by atoms with Crippen LogP contribution in [0.4, 0.5) is 0 Å². The van der Waals surface area contributed by atoms with Gasteiger partial charge in [0.05, 0.1) is 11.4 Å². The number of phenolic OH excluding ortho intramolecular Hbond substituents is 1. The van der Waals surface area contributed by atoms with E-state index in [9.17, 15) is 9.90 Å². The van der Waals surface area contributed by atoms with Gasteiger partial charge in [-0.15, -0.1) is 0 Å². The van der Waals surface area contributed by atoms with E-state index in [-0.39, 0.29) is 16.7 Å². The minimum atomic E-state index is 0.0312. The van der Waals surface area contributed by atoms with Crippen LogP contribution < -0.4 is 5.32 Å². The van der Waals surface area contributed by atoms with Crippen molar-refractivity contribution in [2.75, 3.05) is 0 Å². The molecule has 1 aromatic rings. The molecule has 4 heteroatoms. The van der Waals surface area contributed by atoms with E-state index in [1.807, 2.05) is 0 Å². The van der Waals surface area contributed by atoms with Crippen LogP contribution in [-0.2, 0) is 11.2 Å². The molecule has 0 radical (unpaired) electrons. The quantitative estimate of drug-likeness (QED) is 0.884. The predicted molar refractivity (Wildman–Crippen MR) is 71.8 cm³/mol. The van der Waals surface area contributed by atoms with Gasteiger partial charge in [-0.1, -0.05) is 36.9 Å². The Morgan fingerprint density at radius 3 is 2.72 bits per heavy atom. The first-order chi connectivity index (χ1) is 8.65. The lowest BCUT2D eigenvalue weighted by molar-refractivity contribution is -0.121. The minimum Gasteiger partial charge on any atom is -0.506 e. The second-order valence-electron chi connectivity index (χ2n) is 4.86. The van der Waals surface area contributed by atoms with Gasteiger partial charge >= 0.3 is 0 Å². The van der Waals surface area contributed by atoms with E-state index < -0.39 is 0 Å². The standard InChI is InChI=1S/C14H18ClNO2/c15-12-8-10(6-7-13(12)17)9-14(18)16-11-4-2-1-3-5-11/h6-8,11,17H,1-5,9H2,(H,16,18). The number of rotatable bonds is 3. The zero-order valence-corrected chi connectivity index (χ0v) is 11.0. The molecule has 0 spiro atoms. The lowest BCUT2D eigenvalue weighted by atomic mass is 9.95. The molecule has 0 heterocycles.